The lowest BCUT2D eigenvalue weighted by atomic mass is 9.84. The van der Waals surface area contributed by atoms with Crippen LogP contribution < -0.4 is 10.2 Å². The lowest BCUT2D eigenvalue weighted by molar-refractivity contribution is 0.00459. The van der Waals surface area contributed by atoms with Crippen LogP contribution in [0.1, 0.15) is 48.0 Å². The number of carbonyl (C=O) groups excluding carboxylic acids is 1. The van der Waals surface area contributed by atoms with Crippen molar-refractivity contribution in [3.63, 3.8) is 0 Å². The van der Waals surface area contributed by atoms with Crippen LogP contribution in [0.3, 0.4) is 0 Å². The van der Waals surface area contributed by atoms with Gasteiger partial charge in [0.15, 0.2) is 0 Å². The number of anilines is 2. The van der Waals surface area contributed by atoms with E-state index in [1.165, 1.54) is 0 Å². The smallest absolute Gasteiger partial charge is 0.259 e. The maximum atomic E-state index is 13.3. The molecule has 1 aliphatic heterocycles. The average molecular weight is 491 g/mol. The summed E-state index contributed by atoms with van der Waals surface area (Å²) >= 11 is 0. The zero-order valence-corrected chi connectivity index (χ0v) is 20.3. The first-order valence-electron chi connectivity index (χ1n) is 12.0. The van der Waals surface area contributed by atoms with Gasteiger partial charge in [-0.1, -0.05) is 17.3 Å². The fourth-order valence-electron chi connectivity index (χ4n) is 4.49. The lowest BCUT2D eigenvalue weighted by Gasteiger charge is -2.46. The number of amides is 1. The minimum Gasteiger partial charge on any atom is -0.390 e. The predicted molar refractivity (Wildman–Crippen MR) is 132 cm³/mol. The number of halogens is 1. The van der Waals surface area contributed by atoms with E-state index in [9.17, 15) is 14.3 Å². The first-order chi connectivity index (χ1) is 17.2. The van der Waals surface area contributed by atoms with Crippen LogP contribution >= 0.6 is 0 Å². The highest BCUT2D eigenvalue weighted by Gasteiger charge is 2.43. The van der Waals surface area contributed by atoms with E-state index < -0.39 is 11.8 Å². The van der Waals surface area contributed by atoms with Crippen molar-refractivity contribution in [3.8, 4) is 11.4 Å². The SMILES string of the molecule is Cc1ccc(-c2noc([C@H]3C[C@@H]3F)n2)cc1NC(=O)c1cnn2ccc(N3CC(C(C)(C)O)C3)cc12. The Kier molecular flexibility index (Phi) is 5.11. The van der Waals surface area contributed by atoms with E-state index in [0.717, 1.165) is 24.3 Å². The number of nitrogens with zero attached hydrogens (tertiary/aromatic N) is 5. The van der Waals surface area contributed by atoms with Gasteiger partial charge in [0.05, 0.1) is 28.8 Å². The second kappa shape index (κ2) is 8.12. The molecule has 2 aliphatic rings. The Bertz CT molecular complexity index is 1470. The minimum atomic E-state index is -0.915. The molecule has 1 saturated heterocycles. The third kappa shape index (κ3) is 4.01. The quantitative estimate of drug-likeness (QED) is 0.421. The summed E-state index contributed by atoms with van der Waals surface area (Å²) in [5.41, 5.74) is 3.57. The first kappa shape index (κ1) is 22.7. The summed E-state index contributed by atoms with van der Waals surface area (Å²) in [7, 11) is 0. The van der Waals surface area contributed by atoms with E-state index in [0.29, 0.717) is 40.5 Å². The maximum Gasteiger partial charge on any atom is 0.259 e. The molecule has 3 aromatic heterocycles. The van der Waals surface area contributed by atoms with Crippen LogP contribution in [0.2, 0.25) is 0 Å². The van der Waals surface area contributed by atoms with E-state index in [-0.39, 0.29) is 17.7 Å². The van der Waals surface area contributed by atoms with Crippen LogP contribution in [0.5, 0.6) is 0 Å². The van der Waals surface area contributed by atoms with Gasteiger partial charge in [-0.2, -0.15) is 10.1 Å². The van der Waals surface area contributed by atoms with Crippen LogP contribution in [0.15, 0.2) is 47.2 Å². The summed E-state index contributed by atoms with van der Waals surface area (Å²) in [5, 5.41) is 21.5. The molecule has 1 amide bonds. The Balaban J connectivity index is 1.22. The Hall–Kier alpha value is -3.79. The zero-order valence-electron chi connectivity index (χ0n) is 20.3. The number of rotatable bonds is 6. The molecule has 4 aromatic rings. The van der Waals surface area contributed by atoms with E-state index in [2.05, 4.69) is 25.5 Å². The van der Waals surface area contributed by atoms with Crippen LogP contribution in [-0.4, -0.2) is 55.6 Å². The zero-order chi connectivity index (χ0) is 25.2. The molecule has 2 atom stereocenters. The number of benzene rings is 1. The van der Waals surface area contributed by atoms with Crippen molar-refractivity contribution >= 4 is 22.8 Å². The number of hydrogen-bond donors (Lipinski definition) is 2. The van der Waals surface area contributed by atoms with E-state index in [1.807, 2.05) is 51.2 Å². The fourth-order valence-corrected chi connectivity index (χ4v) is 4.49. The second-order valence-corrected chi connectivity index (χ2v) is 10.3. The van der Waals surface area contributed by atoms with Gasteiger partial charge in [0, 0.05) is 42.1 Å². The van der Waals surface area contributed by atoms with Crippen molar-refractivity contribution in [3.05, 3.63) is 59.7 Å². The van der Waals surface area contributed by atoms with E-state index in [1.54, 1.807) is 16.8 Å². The monoisotopic (exact) mass is 490 g/mol. The molecule has 0 bridgehead atoms. The highest BCUT2D eigenvalue weighted by atomic mass is 19.1. The van der Waals surface area contributed by atoms with Gasteiger partial charge in [0.25, 0.3) is 5.91 Å². The van der Waals surface area contributed by atoms with Crippen molar-refractivity contribution in [2.45, 2.75) is 44.9 Å². The third-order valence-electron chi connectivity index (χ3n) is 7.21. The van der Waals surface area contributed by atoms with Gasteiger partial charge < -0.3 is 19.8 Å². The van der Waals surface area contributed by atoms with Crippen LogP contribution in [0.25, 0.3) is 16.9 Å². The highest BCUT2D eigenvalue weighted by molar-refractivity contribution is 6.09. The molecule has 0 radical (unpaired) electrons. The molecule has 1 aromatic carbocycles. The van der Waals surface area contributed by atoms with Crippen LogP contribution in [0, 0.1) is 12.8 Å². The molecule has 1 aliphatic carbocycles. The average Bonchev–Trinajstić information content (AvgIpc) is 3.19. The largest absolute Gasteiger partial charge is 0.390 e. The topological polar surface area (TPSA) is 109 Å². The van der Waals surface area contributed by atoms with Gasteiger partial charge in [0.1, 0.15) is 6.17 Å². The number of fused-ring (bicyclic) bond motifs is 1. The van der Waals surface area contributed by atoms with Gasteiger partial charge in [-0.3, -0.25) is 4.79 Å². The van der Waals surface area contributed by atoms with Crippen molar-refractivity contribution in [2.75, 3.05) is 23.3 Å². The number of aryl methyl sites for hydroxylation is 1. The van der Waals surface area contributed by atoms with Crippen molar-refractivity contribution in [2.24, 2.45) is 5.92 Å². The van der Waals surface area contributed by atoms with Crippen molar-refractivity contribution in [1.82, 2.24) is 19.8 Å². The molecule has 4 heterocycles. The minimum absolute atomic E-state index is 0.203. The maximum absolute atomic E-state index is 13.3. The molecule has 36 heavy (non-hydrogen) atoms. The lowest BCUT2D eigenvalue weighted by Crippen LogP contribution is -2.55. The summed E-state index contributed by atoms with van der Waals surface area (Å²) in [6, 6.07) is 9.41. The van der Waals surface area contributed by atoms with Crippen molar-refractivity contribution in [1.29, 1.82) is 0 Å². The summed E-state index contributed by atoms with van der Waals surface area (Å²) < 4.78 is 20.2. The Morgan fingerprint density at radius 3 is 2.75 bits per heavy atom. The normalized spacial score (nSPS) is 20.0. The summed E-state index contributed by atoms with van der Waals surface area (Å²) in [6.45, 7) is 7.07. The molecule has 0 spiro atoms. The number of alkyl halides is 1. The first-order valence-corrected chi connectivity index (χ1v) is 12.0. The standard InChI is InChI=1S/C26H27FN6O3/c1-14-4-5-15(23-30-25(36-31-23)18-10-20(18)27)8-21(14)29-24(34)19-11-28-33-7-6-17(9-22(19)33)32-12-16(13-32)26(2,3)35/h4-9,11,16,18,20,35H,10,12-13H2,1-3H3,(H,29,34)/t18-,20-/m0/s1. The molecule has 2 fully saturated rings. The molecule has 1 saturated carbocycles. The summed E-state index contributed by atoms with van der Waals surface area (Å²) in [5.74, 6) is 0.275. The number of carbonyl (C=O) groups is 1. The molecule has 186 valence electrons. The highest BCUT2D eigenvalue weighted by Crippen LogP contribution is 2.43. The molecule has 9 nitrogen and oxygen atoms in total. The second-order valence-electron chi connectivity index (χ2n) is 10.3. The van der Waals surface area contributed by atoms with Gasteiger partial charge in [-0.15, -0.1) is 0 Å². The third-order valence-corrected chi connectivity index (χ3v) is 7.21. The number of pyridine rings is 1. The molecular formula is C26H27FN6O3. The van der Waals surface area contributed by atoms with E-state index >= 15 is 0 Å². The molecule has 0 unspecified atom stereocenters. The Morgan fingerprint density at radius 2 is 2.03 bits per heavy atom. The number of nitrogens with one attached hydrogen (secondary N) is 1. The molecule has 6 rings (SSSR count). The van der Waals surface area contributed by atoms with E-state index in [4.69, 9.17) is 4.52 Å². The Morgan fingerprint density at radius 1 is 1.25 bits per heavy atom. The van der Waals surface area contributed by atoms with Gasteiger partial charge >= 0.3 is 0 Å². The molecule has 10 heteroatoms. The number of hydrogen-bond acceptors (Lipinski definition) is 7. The summed E-state index contributed by atoms with van der Waals surface area (Å²) in [4.78, 5) is 19.8. The number of aliphatic hydroxyl groups is 1. The predicted octanol–water partition coefficient (Wildman–Crippen LogP) is 3.98. The van der Waals surface area contributed by atoms with Gasteiger partial charge in [0.2, 0.25) is 11.7 Å². The van der Waals surface area contributed by atoms with Crippen LogP contribution in [0.4, 0.5) is 15.8 Å². The molecular weight excluding hydrogens is 463 g/mol. The van der Waals surface area contributed by atoms with Gasteiger partial charge in [-0.05, 0) is 51.0 Å². The Labute approximate surface area is 206 Å². The molecule has 2 N–H and O–H groups in total. The van der Waals surface area contributed by atoms with Gasteiger partial charge in [-0.25, -0.2) is 8.91 Å². The fraction of sp³-hybridized carbons (Fsp3) is 0.385. The summed E-state index contributed by atoms with van der Waals surface area (Å²) in [6.07, 6.45) is 2.88. The number of aromatic nitrogens is 4. The van der Waals surface area contributed by atoms with Crippen LogP contribution in [-0.2, 0) is 0 Å². The van der Waals surface area contributed by atoms with Crippen molar-refractivity contribution < 1.29 is 18.8 Å².